The summed E-state index contributed by atoms with van der Waals surface area (Å²) in [5, 5.41) is 10.7. The average Bonchev–Trinajstić information content (AvgIpc) is 3.03. The lowest BCUT2D eigenvalue weighted by Crippen LogP contribution is -2.36. The Morgan fingerprint density at radius 1 is 1.40 bits per heavy atom. The Balaban J connectivity index is 2.08. The SMILES string of the molecule is Cc1cc2c(N(CCO)C3CCCC3)nc(Cl)nc2s1. The summed E-state index contributed by atoms with van der Waals surface area (Å²) in [6.45, 7) is 2.79. The van der Waals surface area contributed by atoms with Crippen LogP contribution in [-0.2, 0) is 0 Å². The predicted molar refractivity (Wildman–Crippen MR) is 83.8 cm³/mol. The van der Waals surface area contributed by atoms with Crippen LogP contribution in [0.25, 0.3) is 10.2 Å². The molecule has 3 rings (SSSR count). The minimum absolute atomic E-state index is 0.128. The van der Waals surface area contributed by atoms with E-state index in [1.165, 1.54) is 17.7 Å². The molecule has 1 fully saturated rings. The molecule has 0 aromatic carbocycles. The van der Waals surface area contributed by atoms with Gasteiger partial charge in [-0.1, -0.05) is 12.8 Å². The molecule has 108 valence electrons. The van der Waals surface area contributed by atoms with Gasteiger partial charge in [-0.15, -0.1) is 11.3 Å². The van der Waals surface area contributed by atoms with Crippen molar-refractivity contribution in [3.63, 3.8) is 0 Å². The highest BCUT2D eigenvalue weighted by Gasteiger charge is 2.25. The largest absolute Gasteiger partial charge is 0.395 e. The molecule has 0 aliphatic heterocycles. The van der Waals surface area contributed by atoms with E-state index in [9.17, 15) is 5.11 Å². The van der Waals surface area contributed by atoms with Gasteiger partial charge in [0.1, 0.15) is 10.6 Å². The number of aryl methyl sites for hydroxylation is 1. The maximum absolute atomic E-state index is 9.39. The lowest BCUT2D eigenvalue weighted by Gasteiger charge is -2.29. The summed E-state index contributed by atoms with van der Waals surface area (Å²) in [4.78, 5) is 13.1. The molecule has 4 nitrogen and oxygen atoms in total. The van der Waals surface area contributed by atoms with E-state index in [1.54, 1.807) is 11.3 Å². The van der Waals surface area contributed by atoms with E-state index in [0.717, 1.165) is 28.9 Å². The summed E-state index contributed by atoms with van der Waals surface area (Å²) in [5.74, 6) is 0.880. The number of thiophene rings is 1. The zero-order chi connectivity index (χ0) is 14.1. The highest BCUT2D eigenvalue weighted by molar-refractivity contribution is 7.18. The summed E-state index contributed by atoms with van der Waals surface area (Å²) in [6.07, 6.45) is 4.81. The van der Waals surface area contributed by atoms with Crippen LogP contribution >= 0.6 is 22.9 Å². The molecule has 0 spiro atoms. The van der Waals surface area contributed by atoms with Crippen molar-refractivity contribution < 1.29 is 5.11 Å². The Bertz CT molecular complexity index is 610. The van der Waals surface area contributed by atoms with Crippen LogP contribution in [0.5, 0.6) is 0 Å². The number of aromatic nitrogens is 2. The highest BCUT2D eigenvalue weighted by Crippen LogP contribution is 2.35. The van der Waals surface area contributed by atoms with Gasteiger partial charge >= 0.3 is 0 Å². The highest BCUT2D eigenvalue weighted by atomic mass is 35.5. The minimum Gasteiger partial charge on any atom is -0.395 e. The number of anilines is 1. The van der Waals surface area contributed by atoms with Crippen LogP contribution < -0.4 is 4.90 Å². The van der Waals surface area contributed by atoms with Crippen LogP contribution in [0.15, 0.2) is 6.07 Å². The quantitative estimate of drug-likeness (QED) is 0.879. The second-order valence-electron chi connectivity index (χ2n) is 5.25. The molecule has 1 aliphatic carbocycles. The van der Waals surface area contributed by atoms with Gasteiger partial charge in [-0.3, -0.25) is 0 Å². The maximum Gasteiger partial charge on any atom is 0.225 e. The van der Waals surface area contributed by atoms with E-state index in [-0.39, 0.29) is 11.9 Å². The number of aliphatic hydroxyl groups excluding tert-OH is 1. The molecule has 20 heavy (non-hydrogen) atoms. The summed E-state index contributed by atoms with van der Waals surface area (Å²) >= 11 is 7.71. The van der Waals surface area contributed by atoms with Crippen LogP contribution in [0.1, 0.15) is 30.6 Å². The Kier molecular flexibility index (Phi) is 4.10. The van der Waals surface area contributed by atoms with Gasteiger partial charge in [0, 0.05) is 17.5 Å². The summed E-state index contributed by atoms with van der Waals surface area (Å²) in [5.41, 5.74) is 0. The third-order valence-electron chi connectivity index (χ3n) is 3.85. The number of halogens is 1. The van der Waals surface area contributed by atoms with Crippen LogP contribution in [0.4, 0.5) is 5.82 Å². The average molecular weight is 312 g/mol. The first-order valence-electron chi connectivity index (χ1n) is 7.00. The number of hydrogen-bond acceptors (Lipinski definition) is 5. The normalized spacial score (nSPS) is 16.1. The Hall–Kier alpha value is -0.910. The number of aliphatic hydroxyl groups is 1. The molecule has 6 heteroatoms. The topological polar surface area (TPSA) is 49.2 Å². The molecule has 0 atom stereocenters. The molecule has 1 N–H and O–H groups in total. The lowest BCUT2D eigenvalue weighted by molar-refractivity contribution is 0.297. The summed E-state index contributed by atoms with van der Waals surface area (Å²) in [7, 11) is 0. The van der Waals surface area contributed by atoms with Gasteiger partial charge in [-0.05, 0) is 37.4 Å². The van der Waals surface area contributed by atoms with Gasteiger partial charge in [-0.2, -0.15) is 4.98 Å². The molecular weight excluding hydrogens is 294 g/mol. The molecule has 1 aliphatic rings. The molecular formula is C14H18ClN3OS. The van der Waals surface area contributed by atoms with E-state index in [4.69, 9.17) is 11.6 Å². The molecule has 0 bridgehead atoms. The predicted octanol–water partition coefficient (Wildman–Crippen LogP) is 3.39. The van der Waals surface area contributed by atoms with Crippen LogP contribution in [0.2, 0.25) is 5.28 Å². The second kappa shape index (κ2) is 5.84. The molecule has 1 saturated carbocycles. The van der Waals surface area contributed by atoms with Crippen molar-refractivity contribution in [3.05, 3.63) is 16.2 Å². The monoisotopic (exact) mass is 311 g/mol. The molecule has 2 aromatic rings. The van der Waals surface area contributed by atoms with Crippen molar-refractivity contribution in [2.24, 2.45) is 0 Å². The molecule has 2 aromatic heterocycles. The van der Waals surface area contributed by atoms with Crippen molar-refractivity contribution in [1.82, 2.24) is 9.97 Å². The first-order chi connectivity index (χ1) is 9.69. The zero-order valence-corrected chi connectivity index (χ0v) is 13.0. The fourth-order valence-corrected chi connectivity index (χ4v) is 4.09. The van der Waals surface area contributed by atoms with Crippen molar-refractivity contribution in [2.45, 2.75) is 38.6 Å². The second-order valence-corrected chi connectivity index (χ2v) is 6.82. The number of hydrogen-bond donors (Lipinski definition) is 1. The van der Waals surface area contributed by atoms with Crippen molar-refractivity contribution in [2.75, 3.05) is 18.1 Å². The van der Waals surface area contributed by atoms with E-state index in [1.807, 2.05) is 0 Å². The van der Waals surface area contributed by atoms with Gasteiger partial charge in [0.2, 0.25) is 5.28 Å². The Morgan fingerprint density at radius 3 is 2.85 bits per heavy atom. The van der Waals surface area contributed by atoms with Crippen LogP contribution in [0.3, 0.4) is 0 Å². The third-order valence-corrected chi connectivity index (χ3v) is 4.96. The molecule has 0 unspecified atom stereocenters. The summed E-state index contributed by atoms with van der Waals surface area (Å²) < 4.78 is 0. The van der Waals surface area contributed by atoms with Crippen molar-refractivity contribution >= 4 is 39.0 Å². The van der Waals surface area contributed by atoms with Crippen LogP contribution in [-0.4, -0.2) is 34.3 Å². The number of rotatable bonds is 4. The first kappa shape index (κ1) is 14.0. The van der Waals surface area contributed by atoms with Gasteiger partial charge in [0.05, 0.1) is 12.0 Å². The van der Waals surface area contributed by atoms with Crippen LogP contribution in [0, 0.1) is 6.92 Å². The standard InChI is InChI=1S/C14H18ClN3OS/c1-9-8-11-12(16-14(15)17-13(11)20-9)18(6-7-19)10-4-2-3-5-10/h8,10,19H,2-7H2,1H3. The minimum atomic E-state index is 0.128. The lowest BCUT2D eigenvalue weighted by atomic mass is 10.2. The maximum atomic E-state index is 9.39. The van der Waals surface area contributed by atoms with E-state index in [0.29, 0.717) is 12.6 Å². The molecule has 0 radical (unpaired) electrons. The first-order valence-corrected chi connectivity index (χ1v) is 8.19. The number of fused-ring (bicyclic) bond motifs is 1. The van der Waals surface area contributed by atoms with Gasteiger partial charge in [0.15, 0.2) is 0 Å². The zero-order valence-electron chi connectivity index (χ0n) is 11.5. The van der Waals surface area contributed by atoms with Gasteiger partial charge in [0.25, 0.3) is 0 Å². The Morgan fingerprint density at radius 2 is 2.15 bits per heavy atom. The molecule has 0 saturated heterocycles. The Labute approximate surface area is 127 Å². The number of nitrogens with zero attached hydrogens (tertiary/aromatic N) is 3. The summed E-state index contributed by atoms with van der Waals surface area (Å²) in [6, 6.07) is 2.57. The van der Waals surface area contributed by atoms with E-state index in [2.05, 4.69) is 27.9 Å². The molecule has 0 amide bonds. The fourth-order valence-electron chi connectivity index (χ4n) is 3.01. The third kappa shape index (κ3) is 2.62. The van der Waals surface area contributed by atoms with Gasteiger partial charge in [-0.25, -0.2) is 4.98 Å². The van der Waals surface area contributed by atoms with Crippen molar-refractivity contribution in [3.8, 4) is 0 Å². The van der Waals surface area contributed by atoms with Crippen molar-refractivity contribution in [1.29, 1.82) is 0 Å². The van der Waals surface area contributed by atoms with Gasteiger partial charge < -0.3 is 10.0 Å². The van der Waals surface area contributed by atoms with E-state index < -0.39 is 0 Å². The smallest absolute Gasteiger partial charge is 0.225 e. The van der Waals surface area contributed by atoms with E-state index >= 15 is 0 Å². The molecule has 2 heterocycles. The fraction of sp³-hybridized carbons (Fsp3) is 0.571.